The van der Waals surface area contributed by atoms with Gasteiger partial charge in [-0.3, -0.25) is 4.79 Å². The number of alkyl halides is 1. The first kappa shape index (κ1) is 13.6. The Kier molecular flexibility index (Phi) is 4.12. The van der Waals surface area contributed by atoms with Crippen LogP contribution in [0, 0.1) is 13.8 Å². The van der Waals surface area contributed by atoms with Crippen LogP contribution in [0.5, 0.6) is 0 Å². The smallest absolute Gasteiger partial charge is 0.255 e. The fourth-order valence-electron chi connectivity index (χ4n) is 2.22. The maximum absolute atomic E-state index is 12.3. The van der Waals surface area contributed by atoms with E-state index in [0.717, 1.165) is 23.9 Å². The van der Waals surface area contributed by atoms with Crippen molar-refractivity contribution in [2.24, 2.45) is 0 Å². The van der Waals surface area contributed by atoms with Gasteiger partial charge in [-0.25, -0.2) is 0 Å². The number of hydrogen-bond acceptors (Lipinski definition) is 3. The van der Waals surface area contributed by atoms with Crippen LogP contribution in [0.1, 0.15) is 34.7 Å². The molecule has 18 heavy (non-hydrogen) atoms. The third-order valence-electron chi connectivity index (χ3n) is 3.37. The minimum Gasteiger partial charge on any atom is -0.466 e. The molecule has 2 heterocycles. The van der Waals surface area contributed by atoms with Crippen LogP contribution in [-0.4, -0.2) is 30.0 Å². The number of carbonyl (C=O) groups excluding carboxylic acids is 1. The topological polar surface area (TPSA) is 51.5 Å². The van der Waals surface area contributed by atoms with Crippen LogP contribution in [0.3, 0.4) is 0 Å². The molecule has 0 saturated carbocycles. The van der Waals surface area contributed by atoms with Crippen LogP contribution in [0.25, 0.3) is 0 Å². The largest absolute Gasteiger partial charge is 0.466 e. The van der Waals surface area contributed by atoms with E-state index < -0.39 is 0 Å². The summed E-state index contributed by atoms with van der Waals surface area (Å²) < 4.78 is 10.7. The molecule has 0 atom stereocenters. The van der Waals surface area contributed by atoms with Crippen LogP contribution in [0.15, 0.2) is 10.5 Å². The highest BCUT2D eigenvalue weighted by molar-refractivity contribution is 9.09. The van der Waals surface area contributed by atoms with E-state index in [9.17, 15) is 4.79 Å². The lowest BCUT2D eigenvalue weighted by molar-refractivity contribution is 0.0441. The Morgan fingerprint density at radius 3 is 2.61 bits per heavy atom. The Hall–Kier alpha value is -0.810. The summed E-state index contributed by atoms with van der Waals surface area (Å²) in [5.74, 6) is 1.37. The number of halogens is 1. The molecule has 1 fully saturated rings. The van der Waals surface area contributed by atoms with Crippen molar-refractivity contribution < 1.29 is 13.9 Å². The van der Waals surface area contributed by atoms with Crippen molar-refractivity contribution in [2.75, 3.05) is 18.5 Å². The Labute approximate surface area is 115 Å². The number of aryl methyl sites for hydroxylation is 2. The quantitative estimate of drug-likeness (QED) is 0.872. The van der Waals surface area contributed by atoms with Gasteiger partial charge in [0.2, 0.25) is 0 Å². The van der Waals surface area contributed by atoms with Gasteiger partial charge in [0.15, 0.2) is 0 Å². The van der Waals surface area contributed by atoms with Gasteiger partial charge in [0.05, 0.1) is 11.1 Å². The van der Waals surface area contributed by atoms with Crippen molar-refractivity contribution in [1.29, 1.82) is 0 Å². The second-order valence-electron chi connectivity index (χ2n) is 4.81. The van der Waals surface area contributed by atoms with Crippen molar-refractivity contribution in [3.05, 3.63) is 23.2 Å². The number of ether oxygens (including phenoxy) is 1. The molecule has 1 saturated heterocycles. The Bertz CT molecular complexity index is 435. The van der Waals surface area contributed by atoms with Crippen molar-refractivity contribution in [1.82, 2.24) is 5.32 Å². The average molecular weight is 316 g/mol. The number of nitrogens with one attached hydrogen (secondary N) is 1. The maximum Gasteiger partial charge on any atom is 0.255 e. The minimum atomic E-state index is -0.201. The standard InChI is InChI=1S/C13H18BrNO3/c1-9-7-11(10(2)18-9)12(16)15-13(8-14)3-5-17-6-4-13/h7H,3-6,8H2,1-2H3,(H,15,16). The van der Waals surface area contributed by atoms with Crippen LogP contribution in [0.4, 0.5) is 0 Å². The minimum absolute atomic E-state index is 0.0642. The predicted octanol–water partition coefficient (Wildman–Crippen LogP) is 2.57. The summed E-state index contributed by atoms with van der Waals surface area (Å²) in [5.41, 5.74) is 0.423. The van der Waals surface area contributed by atoms with E-state index in [0.29, 0.717) is 24.5 Å². The van der Waals surface area contributed by atoms with E-state index in [-0.39, 0.29) is 11.4 Å². The van der Waals surface area contributed by atoms with Crippen LogP contribution < -0.4 is 5.32 Å². The van der Waals surface area contributed by atoms with Crippen LogP contribution in [0.2, 0.25) is 0 Å². The molecule has 1 aliphatic rings. The summed E-state index contributed by atoms with van der Waals surface area (Å²) in [4.78, 5) is 12.3. The van der Waals surface area contributed by atoms with Crippen molar-refractivity contribution in [3.63, 3.8) is 0 Å². The fraction of sp³-hybridized carbons (Fsp3) is 0.615. The first-order chi connectivity index (χ1) is 8.56. The summed E-state index contributed by atoms with van der Waals surface area (Å²) in [6.45, 7) is 5.04. The molecule has 2 rings (SSSR count). The average Bonchev–Trinajstić information content (AvgIpc) is 2.70. The highest BCUT2D eigenvalue weighted by atomic mass is 79.9. The van der Waals surface area contributed by atoms with Gasteiger partial charge in [-0.2, -0.15) is 0 Å². The zero-order valence-electron chi connectivity index (χ0n) is 10.7. The Morgan fingerprint density at radius 2 is 2.11 bits per heavy atom. The summed E-state index contributed by atoms with van der Waals surface area (Å²) >= 11 is 3.50. The Morgan fingerprint density at radius 1 is 1.44 bits per heavy atom. The SMILES string of the molecule is Cc1cc(C(=O)NC2(CBr)CCOCC2)c(C)o1. The monoisotopic (exact) mass is 315 g/mol. The fourth-order valence-corrected chi connectivity index (χ4v) is 2.92. The number of hydrogen-bond donors (Lipinski definition) is 1. The molecule has 0 aromatic carbocycles. The van der Waals surface area contributed by atoms with E-state index in [1.807, 2.05) is 13.8 Å². The molecule has 100 valence electrons. The summed E-state index contributed by atoms with van der Waals surface area (Å²) in [6, 6.07) is 1.78. The van der Waals surface area contributed by atoms with Gasteiger partial charge in [0.25, 0.3) is 5.91 Å². The molecule has 4 nitrogen and oxygen atoms in total. The normalized spacial score (nSPS) is 18.6. The molecular formula is C13H18BrNO3. The lowest BCUT2D eigenvalue weighted by Gasteiger charge is -2.36. The zero-order chi connectivity index (χ0) is 13.2. The molecule has 1 aromatic rings. The predicted molar refractivity (Wildman–Crippen MR) is 72.2 cm³/mol. The molecule has 0 radical (unpaired) electrons. The molecule has 1 aliphatic heterocycles. The molecule has 5 heteroatoms. The summed E-state index contributed by atoms with van der Waals surface area (Å²) in [5, 5.41) is 3.87. The molecule has 1 amide bonds. The number of rotatable bonds is 3. The maximum atomic E-state index is 12.3. The third kappa shape index (κ3) is 2.78. The number of carbonyl (C=O) groups is 1. The second kappa shape index (κ2) is 5.45. The molecular weight excluding hydrogens is 298 g/mol. The third-order valence-corrected chi connectivity index (χ3v) is 4.44. The first-order valence-corrected chi connectivity index (χ1v) is 7.22. The lowest BCUT2D eigenvalue weighted by Crippen LogP contribution is -2.53. The van der Waals surface area contributed by atoms with E-state index in [4.69, 9.17) is 9.15 Å². The van der Waals surface area contributed by atoms with Gasteiger partial charge in [-0.05, 0) is 32.8 Å². The molecule has 0 aliphatic carbocycles. The van der Waals surface area contributed by atoms with Gasteiger partial charge in [-0.15, -0.1) is 0 Å². The molecule has 0 spiro atoms. The highest BCUT2D eigenvalue weighted by Gasteiger charge is 2.34. The van der Waals surface area contributed by atoms with Gasteiger partial charge in [-0.1, -0.05) is 15.9 Å². The van der Waals surface area contributed by atoms with Crippen LogP contribution >= 0.6 is 15.9 Å². The zero-order valence-corrected chi connectivity index (χ0v) is 12.3. The van der Waals surface area contributed by atoms with Crippen molar-refractivity contribution in [3.8, 4) is 0 Å². The summed E-state index contributed by atoms with van der Waals surface area (Å²) in [7, 11) is 0. The van der Waals surface area contributed by atoms with E-state index in [1.165, 1.54) is 0 Å². The number of furan rings is 1. The van der Waals surface area contributed by atoms with E-state index in [1.54, 1.807) is 6.07 Å². The van der Waals surface area contributed by atoms with Crippen LogP contribution in [-0.2, 0) is 4.74 Å². The first-order valence-electron chi connectivity index (χ1n) is 6.09. The van der Waals surface area contributed by atoms with E-state index in [2.05, 4.69) is 21.2 Å². The molecule has 1 aromatic heterocycles. The summed E-state index contributed by atoms with van der Waals surface area (Å²) in [6.07, 6.45) is 1.67. The molecule has 0 bridgehead atoms. The van der Waals surface area contributed by atoms with Crippen molar-refractivity contribution >= 4 is 21.8 Å². The van der Waals surface area contributed by atoms with Crippen molar-refractivity contribution in [2.45, 2.75) is 32.2 Å². The van der Waals surface area contributed by atoms with Gasteiger partial charge >= 0.3 is 0 Å². The Balaban J connectivity index is 2.12. The van der Waals surface area contributed by atoms with E-state index >= 15 is 0 Å². The lowest BCUT2D eigenvalue weighted by atomic mass is 9.92. The number of amides is 1. The van der Waals surface area contributed by atoms with Gasteiger partial charge in [0.1, 0.15) is 11.5 Å². The van der Waals surface area contributed by atoms with Gasteiger partial charge in [0, 0.05) is 18.5 Å². The highest BCUT2D eigenvalue weighted by Crippen LogP contribution is 2.24. The molecule has 0 unspecified atom stereocenters. The molecule has 1 N–H and O–H groups in total. The second-order valence-corrected chi connectivity index (χ2v) is 5.37. The van der Waals surface area contributed by atoms with Gasteiger partial charge < -0.3 is 14.5 Å².